The first kappa shape index (κ1) is 13.8. The van der Waals surface area contributed by atoms with Gasteiger partial charge in [0.2, 0.25) is 0 Å². The van der Waals surface area contributed by atoms with Gasteiger partial charge in [-0.3, -0.25) is 0 Å². The first-order valence-electron chi connectivity index (χ1n) is 6.99. The van der Waals surface area contributed by atoms with Crippen molar-refractivity contribution >= 4 is 23.4 Å². The summed E-state index contributed by atoms with van der Waals surface area (Å²) >= 11 is 0. The number of hydrogen-bond acceptors (Lipinski definition) is 8. The molecule has 4 atom stereocenters. The lowest BCUT2D eigenvalue weighted by Crippen LogP contribution is -2.32. The van der Waals surface area contributed by atoms with Gasteiger partial charge in [0.05, 0.1) is 25.0 Å². The van der Waals surface area contributed by atoms with Crippen LogP contribution in [0.1, 0.15) is 20.3 Å². The van der Waals surface area contributed by atoms with E-state index in [0.717, 1.165) is 0 Å². The SMILES string of the molecule is CCOC(=O)C1=NO[C@H]2[C@@H]3ON=C(C(=O)OCC)[C@@H]3C[C@@H]12. The molecule has 1 saturated carbocycles. The van der Waals surface area contributed by atoms with Gasteiger partial charge in [0.15, 0.2) is 23.6 Å². The highest BCUT2D eigenvalue weighted by atomic mass is 16.7. The molecule has 3 rings (SSSR count). The van der Waals surface area contributed by atoms with E-state index in [1.54, 1.807) is 13.8 Å². The van der Waals surface area contributed by atoms with Gasteiger partial charge >= 0.3 is 11.9 Å². The van der Waals surface area contributed by atoms with Crippen molar-refractivity contribution in [3.8, 4) is 0 Å². The smallest absolute Gasteiger partial charge is 0.356 e. The predicted octanol–water partition coefficient (Wildman–Crippen LogP) is 0.258. The second-order valence-corrected chi connectivity index (χ2v) is 4.98. The van der Waals surface area contributed by atoms with Crippen LogP contribution < -0.4 is 0 Å². The zero-order valence-corrected chi connectivity index (χ0v) is 11.8. The van der Waals surface area contributed by atoms with Crippen LogP contribution in [0.2, 0.25) is 0 Å². The molecule has 0 aromatic rings. The van der Waals surface area contributed by atoms with E-state index in [1.807, 2.05) is 0 Å². The minimum atomic E-state index is -0.486. The third kappa shape index (κ3) is 2.14. The number of carbonyl (C=O) groups is 2. The highest BCUT2D eigenvalue weighted by molar-refractivity contribution is 6.39. The Morgan fingerprint density at radius 1 is 1.00 bits per heavy atom. The van der Waals surface area contributed by atoms with Crippen LogP contribution in [0.25, 0.3) is 0 Å². The normalized spacial score (nSPS) is 32.3. The van der Waals surface area contributed by atoms with E-state index in [1.165, 1.54) is 0 Å². The summed E-state index contributed by atoms with van der Waals surface area (Å²) in [7, 11) is 0. The molecule has 3 aliphatic rings. The molecule has 0 radical (unpaired) electrons. The fourth-order valence-corrected chi connectivity index (χ4v) is 2.96. The van der Waals surface area contributed by atoms with Gasteiger partial charge in [0.25, 0.3) is 0 Å². The zero-order valence-electron chi connectivity index (χ0n) is 11.8. The first-order valence-corrected chi connectivity index (χ1v) is 6.99. The Balaban J connectivity index is 1.73. The lowest BCUT2D eigenvalue weighted by Gasteiger charge is -2.13. The van der Waals surface area contributed by atoms with E-state index in [2.05, 4.69) is 10.3 Å². The minimum absolute atomic E-state index is 0.237. The molecule has 0 amide bonds. The average molecular weight is 296 g/mol. The van der Waals surface area contributed by atoms with Crippen molar-refractivity contribution in [3.05, 3.63) is 0 Å². The Kier molecular flexibility index (Phi) is 3.52. The maximum Gasteiger partial charge on any atom is 0.356 e. The van der Waals surface area contributed by atoms with Crippen LogP contribution in [-0.2, 0) is 28.7 Å². The summed E-state index contributed by atoms with van der Waals surface area (Å²) in [5.41, 5.74) is 0.506. The monoisotopic (exact) mass is 296 g/mol. The number of fused-ring (bicyclic) bond motifs is 3. The van der Waals surface area contributed by atoms with Gasteiger partial charge in [-0.2, -0.15) is 0 Å². The molecule has 0 saturated heterocycles. The summed E-state index contributed by atoms with van der Waals surface area (Å²) in [5.74, 6) is -1.45. The number of hydrogen-bond donors (Lipinski definition) is 0. The lowest BCUT2D eigenvalue weighted by molar-refractivity contribution is -0.136. The molecule has 8 nitrogen and oxygen atoms in total. The lowest BCUT2D eigenvalue weighted by atomic mass is 9.97. The maximum absolute atomic E-state index is 11.8. The van der Waals surface area contributed by atoms with Crippen LogP contribution >= 0.6 is 0 Å². The molecular formula is C13H16N2O6. The van der Waals surface area contributed by atoms with Gasteiger partial charge < -0.3 is 19.1 Å². The van der Waals surface area contributed by atoms with Gasteiger partial charge in [0.1, 0.15) is 0 Å². The predicted molar refractivity (Wildman–Crippen MR) is 69.5 cm³/mol. The topological polar surface area (TPSA) is 95.8 Å². The average Bonchev–Trinajstić information content (AvgIpc) is 3.09. The van der Waals surface area contributed by atoms with E-state index in [9.17, 15) is 9.59 Å². The number of ether oxygens (including phenoxy) is 2. The highest BCUT2D eigenvalue weighted by Gasteiger charge is 2.59. The molecule has 1 aliphatic carbocycles. The molecule has 0 aromatic heterocycles. The third-order valence-electron chi connectivity index (χ3n) is 3.84. The molecular weight excluding hydrogens is 280 g/mol. The number of carbonyl (C=O) groups excluding carboxylic acids is 2. The summed E-state index contributed by atoms with van der Waals surface area (Å²) in [6.45, 7) is 4.00. The van der Waals surface area contributed by atoms with Gasteiger partial charge in [-0.1, -0.05) is 10.3 Å². The first-order chi connectivity index (χ1) is 10.2. The molecule has 21 heavy (non-hydrogen) atoms. The van der Waals surface area contributed by atoms with Crippen LogP contribution in [0.5, 0.6) is 0 Å². The van der Waals surface area contributed by atoms with Crippen LogP contribution in [0, 0.1) is 11.8 Å². The minimum Gasteiger partial charge on any atom is -0.461 e. The van der Waals surface area contributed by atoms with Crippen molar-refractivity contribution in [2.24, 2.45) is 22.1 Å². The fraction of sp³-hybridized carbons (Fsp3) is 0.692. The largest absolute Gasteiger partial charge is 0.461 e. The van der Waals surface area contributed by atoms with Crippen molar-refractivity contribution in [2.45, 2.75) is 32.5 Å². The molecule has 0 unspecified atom stereocenters. The number of rotatable bonds is 4. The summed E-state index contributed by atoms with van der Waals surface area (Å²) in [6.07, 6.45) is -0.319. The number of oxime groups is 2. The van der Waals surface area contributed by atoms with E-state index >= 15 is 0 Å². The standard InChI is InChI=1S/C13H16N2O6/c1-3-18-12(16)8-6-5-7-9(13(17)19-4-2)15-21-11(7)10(6)20-14-8/h6-7,10-11H,3-5H2,1-2H3/t6-,7-,10+,11+/m0/s1. The second kappa shape index (κ2) is 5.34. The molecule has 0 spiro atoms. The Morgan fingerprint density at radius 2 is 1.43 bits per heavy atom. The third-order valence-corrected chi connectivity index (χ3v) is 3.84. The second-order valence-electron chi connectivity index (χ2n) is 4.98. The summed E-state index contributed by atoms with van der Waals surface area (Å²) in [4.78, 5) is 34.3. The Bertz CT molecular complexity index is 483. The summed E-state index contributed by atoms with van der Waals surface area (Å²) < 4.78 is 9.91. The Labute approximate surface area is 121 Å². The maximum atomic E-state index is 11.8. The number of esters is 2. The van der Waals surface area contributed by atoms with Gasteiger partial charge in [-0.25, -0.2) is 9.59 Å². The zero-order chi connectivity index (χ0) is 15.0. The molecule has 0 bridgehead atoms. The van der Waals surface area contributed by atoms with E-state index in [-0.39, 0.29) is 36.5 Å². The van der Waals surface area contributed by atoms with E-state index in [4.69, 9.17) is 19.1 Å². The molecule has 0 N–H and O–H groups in total. The van der Waals surface area contributed by atoms with Crippen LogP contribution in [-0.4, -0.2) is 48.8 Å². The van der Waals surface area contributed by atoms with Crippen LogP contribution in [0.3, 0.4) is 0 Å². The molecule has 1 fully saturated rings. The van der Waals surface area contributed by atoms with E-state index in [0.29, 0.717) is 6.42 Å². The van der Waals surface area contributed by atoms with Crippen molar-refractivity contribution in [3.63, 3.8) is 0 Å². The molecule has 2 aliphatic heterocycles. The van der Waals surface area contributed by atoms with Crippen LogP contribution in [0.15, 0.2) is 10.3 Å². The highest BCUT2D eigenvalue weighted by Crippen LogP contribution is 2.43. The summed E-state index contributed by atoms with van der Waals surface area (Å²) in [6, 6.07) is 0. The molecule has 2 heterocycles. The van der Waals surface area contributed by atoms with Crippen molar-refractivity contribution in [2.75, 3.05) is 13.2 Å². The molecule has 0 aromatic carbocycles. The quantitative estimate of drug-likeness (QED) is 0.690. The Morgan fingerprint density at radius 3 is 1.81 bits per heavy atom. The summed E-state index contributed by atoms with van der Waals surface area (Å²) in [5, 5.41) is 7.60. The fourth-order valence-electron chi connectivity index (χ4n) is 2.96. The van der Waals surface area contributed by atoms with Crippen LogP contribution in [0.4, 0.5) is 0 Å². The Hall–Kier alpha value is -2.12. The van der Waals surface area contributed by atoms with Crippen molar-refractivity contribution in [1.29, 1.82) is 0 Å². The number of nitrogens with zero attached hydrogens (tertiary/aromatic N) is 2. The van der Waals surface area contributed by atoms with Gasteiger partial charge in [0, 0.05) is 0 Å². The molecule has 8 heteroatoms. The molecule has 114 valence electrons. The van der Waals surface area contributed by atoms with Crippen molar-refractivity contribution < 1.29 is 28.7 Å². The van der Waals surface area contributed by atoms with Crippen molar-refractivity contribution in [1.82, 2.24) is 0 Å². The van der Waals surface area contributed by atoms with Gasteiger partial charge in [-0.05, 0) is 20.3 Å². The van der Waals surface area contributed by atoms with Gasteiger partial charge in [-0.15, -0.1) is 0 Å². The van der Waals surface area contributed by atoms with E-state index < -0.39 is 24.1 Å².